The number of anilines is 1. The summed E-state index contributed by atoms with van der Waals surface area (Å²) in [7, 11) is 2.12. The molecule has 4 nitrogen and oxygen atoms in total. The first-order valence-corrected chi connectivity index (χ1v) is 10.5. The summed E-state index contributed by atoms with van der Waals surface area (Å²) < 4.78 is 0. The summed E-state index contributed by atoms with van der Waals surface area (Å²) in [5, 5.41) is 4.09. The van der Waals surface area contributed by atoms with Gasteiger partial charge in [0.2, 0.25) is 0 Å². The van der Waals surface area contributed by atoms with Crippen LogP contribution in [0.2, 0.25) is 0 Å². The standard InChI is InChI=1S/C26H24N2O2/c1-28(22-10-6-3-7-11-22)23-15-14-18-12-13-20(16-21(18)17-23)24-25(27-30-26(24)29)19-8-4-2-5-9-19/h2-11,16-18H,12-15H2,1H3/b24-20+. The number of para-hydroxylation sites is 1. The highest BCUT2D eigenvalue weighted by atomic mass is 16.7. The Bertz CT molecular complexity index is 1090. The van der Waals surface area contributed by atoms with Crippen LogP contribution >= 0.6 is 0 Å². The van der Waals surface area contributed by atoms with Gasteiger partial charge in [0.15, 0.2) is 0 Å². The first-order valence-electron chi connectivity index (χ1n) is 10.5. The number of carbonyl (C=O) groups excluding carboxylic acids is 1. The lowest BCUT2D eigenvalue weighted by molar-refractivity contribution is -0.136. The van der Waals surface area contributed by atoms with Gasteiger partial charge >= 0.3 is 5.97 Å². The molecule has 30 heavy (non-hydrogen) atoms. The van der Waals surface area contributed by atoms with Gasteiger partial charge in [0, 0.05) is 24.0 Å². The maximum absolute atomic E-state index is 12.5. The minimum atomic E-state index is -0.347. The van der Waals surface area contributed by atoms with Gasteiger partial charge in [0.25, 0.3) is 0 Å². The topological polar surface area (TPSA) is 41.9 Å². The number of benzene rings is 2. The van der Waals surface area contributed by atoms with Crippen molar-refractivity contribution in [3.8, 4) is 0 Å². The van der Waals surface area contributed by atoms with Gasteiger partial charge in [-0.1, -0.05) is 59.8 Å². The number of hydrogen-bond donors (Lipinski definition) is 0. The average molecular weight is 396 g/mol. The summed E-state index contributed by atoms with van der Waals surface area (Å²) in [6.45, 7) is 0. The van der Waals surface area contributed by atoms with E-state index in [1.807, 2.05) is 36.4 Å². The number of carbonyl (C=O) groups is 1. The van der Waals surface area contributed by atoms with E-state index in [0.29, 0.717) is 17.2 Å². The fraction of sp³-hybridized carbons (Fsp3) is 0.231. The second kappa shape index (κ2) is 7.79. The van der Waals surface area contributed by atoms with Crippen LogP contribution in [0.15, 0.2) is 100 Å². The van der Waals surface area contributed by atoms with Gasteiger partial charge in [0.1, 0.15) is 5.71 Å². The summed E-state index contributed by atoms with van der Waals surface area (Å²) in [4.78, 5) is 19.9. The number of nitrogens with zero attached hydrogens (tertiary/aromatic N) is 2. The molecule has 0 N–H and O–H groups in total. The van der Waals surface area contributed by atoms with Crippen LogP contribution in [0.3, 0.4) is 0 Å². The number of hydrogen-bond acceptors (Lipinski definition) is 4. The van der Waals surface area contributed by atoms with Crippen molar-refractivity contribution in [2.24, 2.45) is 11.1 Å². The first kappa shape index (κ1) is 18.6. The van der Waals surface area contributed by atoms with Crippen molar-refractivity contribution in [3.63, 3.8) is 0 Å². The summed E-state index contributed by atoms with van der Waals surface area (Å²) >= 11 is 0. The lowest BCUT2D eigenvalue weighted by atomic mass is 9.77. The second-order valence-corrected chi connectivity index (χ2v) is 8.03. The molecule has 2 aromatic carbocycles. The van der Waals surface area contributed by atoms with Gasteiger partial charge in [-0.2, -0.15) is 0 Å². The summed E-state index contributed by atoms with van der Waals surface area (Å²) in [6, 6.07) is 20.2. The number of oxime groups is 1. The Hall–Kier alpha value is -3.40. The second-order valence-electron chi connectivity index (χ2n) is 8.03. The molecule has 0 radical (unpaired) electrons. The molecule has 0 saturated heterocycles. The molecule has 0 fully saturated rings. The summed E-state index contributed by atoms with van der Waals surface area (Å²) in [5.74, 6) is 0.206. The maximum Gasteiger partial charge on any atom is 0.368 e. The van der Waals surface area contributed by atoms with Crippen LogP contribution in [-0.4, -0.2) is 18.7 Å². The Labute approximate surface area is 176 Å². The van der Waals surface area contributed by atoms with Gasteiger partial charge < -0.3 is 9.74 Å². The van der Waals surface area contributed by atoms with Crippen molar-refractivity contribution in [1.82, 2.24) is 0 Å². The Kier molecular flexibility index (Phi) is 4.83. The molecule has 0 spiro atoms. The monoisotopic (exact) mass is 396 g/mol. The normalized spacial score (nSPS) is 23.2. The van der Waals surface area contributed by atoms with Gasteiger partial charge in [0.05, 0.1) is 5.57 Å². The van der Waals surface area contributed by atoms with Crippen molar-refractivity contribution in [1.29, 1.82) is 0 Å². The van der Waals surface area contributed by atoms with Crippen LogP contribution < -0.4 is 4.90 Å². The summed E-state index contributed by atoms with van der Waals surface area (Å²) in [6.07, 6.45) is 8.65. The predicted molar refractivity (Wildman–Crippen MR) is 119 cm³/mol. The van der Waals surface area contributed by atoms with E-state index in [1.165, 1.54) is 17.0 Å². The van der Waals surface area contributed by atoms with Crippen molar-refractivity contribution in [3.05, 3.63) is 101 Å². The van der Waals surface area contributed by atoms with Crippen LogP contribution in [0.5, 0.6) is 0 Å². The van der Waals surface area contributed by atoms with E-state index < -0.39 is 0 Å². The molecule has 150 valence electrons. The highest BCUT2D eigenvalue weighted by Gasteiger charge is 2.32. The third-order valence-corrected chi connectivity index (χ3v) is 6.26. The van der Waals surface area contributed by atoms with Crippen molar-refractivity contribution in [2.75, 3.05) is 11.9 Å². The molecule has 1 heterocycles. The Morgan fingerprint density at radius 3 is 2.40 bits per heavy atom. The fourth-order valence-corrected chi connectivity index (χ4v) is 4.58. The molecule has 5 rings (SSSR count). The zero-order valence-corrected chi connectivity index (χ0v) is 17.0. The maximum atomic E-state index is 12.5. The lowest BCUT2D eigenvalue weighted by Gasteiger charge is -2.33. The van der Waals surface area contributed by atoms with Gasteiger partial charge in [-0.25, -0.2) is 4.79 Å². The van der Waals surface area contributed by atoms with E-state index in [2.05, 4.69) is 53.5 Å². The predicted octanol–water partition coefficient (Wildman–Crippen LogP) is 5.39. The molecule has 1 atom stereocenters. The minimum absolute atomic E-state index is 0.347. The smallest absolute Gasteiger partial charge is 0.348 e. The van der Waals surface area contributed by atoms with E-state index in [9.17, 15) is 4.79 Å². The zero-order chi connectivity index (χ0) is 20.5. The third kappa shape index (κ3) is 3.39. The summed E-state index contributed by atoms with van der Waals surface area (Å²) in [5.41, 5.74) is 7.01. The van der Waals surface area contributed by atoms with E-state index >= 15 is 0 Å². The van der Waals surface area contributed by atoms with Gasteiger partial charge in [-0.05, 0) is 61.0 Å². The Balaban J connectivity index is 1.52. The number of rotatable bonds is 3. The largest absolute Gasteiger partial charge is 0.368 e. The van der Waals surface area contributed by atoms with Crippen LogP contribution in [0, 0.1) is 5.92 Å². The Morgan fingerprint density at radius 1 is 0.933 bits per heavy atom. The molecule has 0 bridgehead atoms. The van der Waals surface area contributed by atoms with E-state index in [1.54, 1.807) is 0 Å². The molecule has 2 aromatic rings. The Morgan fingerprint density at radius 2 is 1.63 bits per heavy atom. The quantitative estimate of drug-likeness (QED) is 0.516. The molecule has 1 unspecified atom stereocenters. The highest BCUT2D eigenvalue weighted by Crippen LogP contribution is 2.40. The highest BCUT2D eigenvalue weighted by molar-refractivity contribution is 6.29. The van der Waals surface area contributed by atoms with Gasteiger partial charge in [-0.3, -0.25) is 0 Å². The van der Waals surface area contributed by atoms with E-state index in [-0.39, 0.29) is 5.97 Å². The third-order valence-electron chi connectivity index (χ3n) is 6.26. The average Bonchev–Trinajstić information content (AvgIpc) is 3.20. The van der Waals surface area contributed by atoms with Crippen LogP contribution in [0.4, 0.5) is 5.69 Å². The molecule has 0 amide bonds. The van der Waals surface area contributed by atoms with E-state index in [0.717, 1.165) is 36.8 Å². The number of fused-ring (bicyclic) bond motifs is 1. The van der Waals surface area contributed by atoms with Crippen LogP contribution in [-0.2, 0) is 9.63 Å². The molecular weight excluding hydrogens is 372 g/mol. The fourth-order valence-electron chi connectivity index (χ4n) is 4.58. The number of allylic oxidation sites excluding steroid dienone is 5. The van der Waals surface area contributed by atoms with Crippen molar-refractivity contribution >= 4 is 17.4 Å². The van der Waals surface area contributed by atoms with Crippen LogP contribution in [0.25, 0.3) is 0 Å². The van der Waals surface area contributed by atoms with Crippen molar-refractivity contribution in [2.45, 2.75) is 25.7 Å². The van der Waals surface area contributed by atoms with Crippen LogP contribution in [0.1, 0.15) is 31.2 Å². The minimum Gasteiger partial charge on any atom is -0.348 e. The SMILES string of the molecule is CN(C1=CC2=C/C(=C3/C(=O)ON=C3c3ccccc3)CCC2CC1)c1ccccc1. The molecular formula is C26H24N2O2. The first-order chi connectivity index (χ1) is 14.7. The molecule has 3 aliphatic rings. The zero-order valence-electron chi connectivity index (χ0n) is 17.0. The van der Waals surface area contributed by atoms with E-state index in [4.69, 9.17) is 4.84 Å². The van der Waals surface area contributed by atoms with Gasteiger partial charge in [-0.15, -0.1) is 0 Å². The molecule has 0 saturated carbocycles. The lowest BCUT2D eigenvalue weighted by Crippen LogP contribution is -2.23. The molecule has 4 heteroatoms. The molecule has 1 aliphatic heterocycles. The molecule has 0 aromatic heterocycles. The molecule has 2 aliphatic carbocycles. The van der Waals surface area contributed by atoms with Crippen molar-refractivity contribution < 1.29 is 9.63 Å².